The molecule has 2 fully saturated rings. The van der Waals surface area contributed by atoms with Crippen molar-refractivity contribution < 1.29 is 9.90 Å². The van der Waals surface area contributed by atoms with Crippen molar-refractivity contribution in [3.63, 3.8) is 0 Å². The van der Waals surface area contributed by atoms with Gasteiger partial charge in [0.1, 0.15) is 5.60 Å². The summed E-state index contributed by atoms with van der Waals surface area (Å²) in [4.78, 5) is 18.5. The summed E-state index contributed by atoms with van der Waals surface area (Å²) in [5.41, 5.74) is 6.27. The van der Waals surface area contributed by atoms with Gasteiger partial charge in [-0.15, -0.1) is 0 Å². The molecule has 2 aliphatic rings. The molecule has 0 aromatic carbocycles. The zero-order valence-electron chi connectivity index (χ0n) is 12.3. The van der Waals surface area contributed by atoms with Crippen molar-refractivity contribution in [1.82, 2.24) is 9.88 Å². The number of hydrogen-bond acceptors (Lipinski definition) is 4. The number of amides is 1. The Morgan fingerprint density at radius 2 is 1.95 bits per heavy atom. The molecule has 0 unspecified atom stereocenters. The van der Waals surface area contributed by atoms with Crippen LogP contribution in [-0.4, -0.2) is 40.0 Å². The van der Waals surface area contributed by atoms with Crippen molar-refractivity contribution in [3.05, 3.63) is 29.6 Å². The van der Waals surface area contributed by atoms with Crippen molar-refractivity contribution in [2.24, 2.45) is 5.73 Å². The lowest BCUT2D eigenvalue weighted by atomic mass is 9.80. The molecule has 1 aliphatic carbocycles. The van der Waals surface area contributed by atoms with Crippen molar-refractivity contribution in [2.75, 3.05) is 13.1 Å². The minimum Gasteiger partial charge on any atom is -0.384 e. The highest BCUT2D eigenvalue weighted by Crippen LogP contribution is 2.35. The number of pyridine rings is 1. The third kappa shape index (κ3) is 2.94. The fraction of sp³-hybridized carbons (Fsp3) is 0.625. The second kappa shape index (κ2) is 5.73. The zero-order valence-corrected chi connectivity index (χ0v) is 12.3. The Kier molecular flexibility index (Phi) is 3.95. The maximum atomic E-state index is 12.3. The van der Waals surface area contributed by atoms with E-state index in [9.17, 15) is 9.90 Å². The van der Waals surface area contributed by atoms with E-state index < -0.39 is 5.60 Å². The molecule has 1 saturated carbocycles. The molecule has 3 rings (SSSR count). The fourth-order valence-electron chi connectivity index (χ4n) is 3.27. The van der Waals surface area contributed by atoms with Crippen LogP contribution in [0.3, 0.4) is 0 Å². The lowest BCUT2D eigenvalue weighted by Crippen LogP contribution is -2.37. The van der Waals surface area contributed by atoms with Gasteiger partial charge in [0.2, 0.25) is 0 Å². The van der Waals surface area contributed by atoms with Crippen LogP contribution in [0.25, 0.3) is 0 Å². The van der Waals surface area contributed by atoms with Crippen LogP contribution in [0.4, 0.5) is 0 Å². The SMILES string of the molecule is NC1CCC(O)(c2ccc(C(=O)N3CCCC3)cn2)CC1. The molecule has 5 heteroatoms. The highest BCUT2D eigenvalue weighted by atomic mass is 16.3. The van der Waals surface area contributed by atoms with E-state index in [1.165, 1.54) is 0 Å². The van der Waals surface area contributed by atoms with Gasteiger partial charge in [0.05, 0.1) is 11.3 Å². The Morgan fingerprint density at radius 1 is 1.29 bits per heavy atom. The summed E-state index contributed by atoms with van der Waals surface area (Å²) >= 11 is 0. The van der Waals surface area contributed by atoms with Gasteiger partial charge in [0.15, 0.2) is 0 Å². The summed E-state index contributed by atoms with van der Waals surface area (Å²) < 4.78 is 0. The minimum absolute atomic E-state index is 0.0456. The molecule has 2 heterocycles. The molecular weight excluding hydrogens is 266 g/mol. The molecule has 1 amide bonds. The number of carbonyl (C=O) groups excluding carboxylic acids is 1. The smallest absolute Gasteiger partial charge is 0.255 e. The molecule has 0 atom stereocenters. The first-order valence-corrected chi connectivity index (χ1v) is 7.82. The first-order valence-electron chi connectivity index (χ1n) is 7.82. The topological polar surface area (TPSA) is 79.5 Å². The number of rotatable bonds is 2. The fourth-order valence-corrected chi connectivity index (χ4v) is 3.27. The van der Waals surface area contributed by atoms with Crippen molar-refractivity contribution in [1.29, 1.82) is 0 Å². The van der Waals surface area contributed by atoms with Crippen LogP contribution in [0.2, 0.25) is 0 Å². The van der Waals surface area contributed by atoms with E-state index in [2.05, 4.69) is 4.98 Å². The van der Waals surface area contributed by atoms with Gasteiger partial charge in [-0.1, -0.05) is 0 Å². The zero-order chi connectivity index (χ0) is 14.9. The predicted octanol–water partition coefficient (Wildman–Crippen LogP) is 1.41. The molecule has 1 aliphatic heterocycles. The highest BCUT2D eigenvalue weighted by Gasteiger charge is 2.35. The Bertz CT molecular complexity index is 501. The molecule has 0 spiro atoms. The summed E-state index contributed by atoms with van der Waals surface area (Å²) in [6, 6.07) is 3.76. The van der Waals surface area contributed by atoms with Gasteiger partial charge in [0, 0.05) is 25.3 Å². The van der Waals surface area contributed by atoms with Crippen LogP contribution >= 0.6 is 0 Å². The predicted molar refractivity (Wildman–Crippen MR) is 79.7 cm³/mol. The molecule has 1 saturated heterocycles. The third-order valence-corrected chi connectivity index (χ3v) is 4.74. The molecule has 0 bridgehead atoms. The van der Waals surface area contributed by atoms with Gasteiger partial charge in [0.25, 0.3) is 5.91 Å². The van der Waals surface area contributed by atoms with Crippen molar-refractivity contribution in [2.45, 2.75) is 50.2 Å². The standard InChI is InChI=1S/C16H23N3O2/c17-13-5-7-16(21,8-6-13)14-4-3-12(11-18-14)15(20)19-9-1-2-10-19/h3-4,11,13,21H,1-2,5-10,17H2. The van der Waals surface area contributed by atoms with Crippen LogP contribution in [0.15, 0.2) is 18.3 Å². The number of aliphatic hydroxyl groups is 1. The average molecular weight is 289 g/mol. The summed E-state index contributed by atoms with van der Waals surface area (Å²) in [7, 11) is 0. The third-order valence-electron chi connectivity index (χ3n) is 4.74. The van der Waals surface area contributed by atoms with E-state index in [0.29, 0.717) is 24.1 Å². The van der Waals surface area contributed by atoms with E-state index in [1.807, 2.05) is 4.90 Å². The van der Waals surface area contributed by atoms with Gasteiger partial charge in [-0.25, -0.2) is 0 Å². The van der Waals surface area contributed by atoms with Gasteiger partial charge in [-0.3, -0.25) is 9.78 Å². The normalized spacial score (nSPS) is 29.6. The number of nitrogens with two attached hydrogens (primary N) is 1. The van der Waals surface area contributed by atoms with E-state index in [-0.39, 0.29) is 11.9 Å². The molecule has 5 nitrogen and oxygen atoms in total. The Labute approximate surface area is 125 Å². The largest absolute Gasteiger partial charge is 0.384 e. The van der Waals surface area contributed by atoms with E-state index in [0.717, 1.165) is 38.8 Å². The summed E-state index contributed by atoms with van der Waals surface area (Å²) in [5, 5.41) is 10.7. The molecular formula is C16H23N3O2. The number of hydrogen-bond donors (Lipinski definition) is 2. The van der Waals surface area contributed by atoms with Crippen molar-refractivity contribution >= 4 is 5.91 Å². The lowest BCUT2D eigenvalue weighted by Gasteiger charge is -2.34. The van der Waals surface area contributed by atoms with E-state index in [4.69, 9.17) is 5.73 Å². The Hall–Kier alpha value is -1.46. The van der Waals surface area contributed by atoms with E-state index >= 15 is 0 Å². The molecule has 114 valence electrons. The highest BCUT2D eigenvalue weighted by molar-refractivity contribution is 5.94. The second-order valence-corrected chi connectivity index (χ2v) is 6.30. The van der Waals surface area contributed by atoms with Gasteiger partial charge >= 0.3 is 0 Å². The maximum Gasteiger partial charge on any atom is 0.255 e. The number of likely N-dealkylation sites (tertiary alicyclic amines) is 1. The molecule has 1 aromatic heterocycles. The lowest BCUT2D eigenvalue weighted by molar-refractivity contribution is -0.00891. The monoisotopic (exact) mass is 289 g/mol. The van der Waals surface area contributed by atoms with Crippen LogP contribution in [-0.2, 0) is 5.60 Å². The summed E-state index contributed by atoms with van der Waals surface area (Å²) in [5.74, 6) is 0.0456. The number of nitrogens with zero attached hydrogens (tertiary/aromatic N) is 2. The number of aromatic nitrogens is 1. The minimum atomic E-state index is -0.884. The van der Waals surface area contributed by atoms with E-state index in [1.54, 1.807) is 18.3 Å². The van der Waals surface area contributed by atoms with Gasteiger partial charge < -0.3 is 15.7 Å². The summed E-state index contributed by atoms with van der Waals surface area (Å²) in [6.45, 7) is 1.67. The number of carbonyl (C=O) groups is 1. The van der Waals surface area contributed by atoms with Crippen LogP contribution in [0.1, 0.15) is 54.6 Å². The maximum absolute atomic E-state index is 12.3. The van der Waals surface area contributed by atoms with Crippen LogP contribution in [0, 0.1) is 0 Å². The Balaban J connectivity index is 1.73. The first-order chi connectivity index (χ1) is 10.1. The second-order valence-electron chi connectivity index (χ2n) is 6.30. The first kappa shape index (κ1) is 14.5. The molecule has 3 N–H and O–H groups in total. The Morgan fingerprint density at radius 3 is 2.52 bits per heavy atom. The molecule has 1 aromatic rings. The van der Waals surface area contributed by atoms with Gasteiger partial charge in [-0.2, -0.15) is 0 Å². The molecule has 21 heavy (non-hydrogen) atoms. The summed E-state index contributed by atoms with van der Waals surface area (Å²) in [6.07, 6.45) is 6.66. The average Bonchev–Trinajstić information content (AvgIpc) is 3.04. The van der Waals surface area contributed by atoms with Crippen molar-refractivity contribution in [3.8, 4) is 0 Å². The quantitative estimate of drug-likeness (QED) is 0.862. The molecule has 0 radical (unpaired) electrons. The van der Waals surface area contributed by atoms with Crippen LogP contribution in [0.5, 0.6) is 0 Å². The van der Waals surface area contributed by atoms with Crippen LogP contribution < -0.4 is 5.73 Å². The van der Waals surface area contributed by atoms with Gasteiger partial charge in [-0.05, 0) is 50.7 Å².